The fourth-order valence-electron chi connectivity index (χ4n) is 2.57. The van der Waals surface area contributed by atoms with Gasteiger partial charge in [-0.25, -0.2) is 8.78 Å². The topological polar surface area (TPSA) is 37.8 Å². The summed E-state index contributed by atoms with van der Waals surface area (Å²) in [6.07, 6.45) is 10.9. The highest BCUT2D eigenvalue weighted by Crippen LogP contribution is 2.15. The van der Waals surface area contributed by atoms with Crippen molar-refractivity contribution in [3.05, 3.63) is 99.3 Å². The van der Waals surface area contributed by atoms with Crippen molar-refractivity contribution in [2.75, 3.05) is 6.54 Å². The van der Waals surface area contributed by atoms with Gasteiger partial charge in [-0.15, -0.1) is 12.8 Å². The van der Waals surface area contributed by atoms with E-state index in [1.54, 1.807) is 6.08 Å². The van der Waals surface area contributed by atoms with Gasteiger partial charge in [-0.1, -0.05) is 63.2 Å². The minimum atomic E-state index is -0.782. The lowest BCUT2D eigenvalue weighted by atomic mass is 10.2. The molecule has 0 fully saturated rings. The standard InChI is InChI=1S/C11H17N3.C8H9Cl.C7H6F2.C2H6.C2H2/c1-4-6-12-8-10-7-9(3)13-14-11(10)5-2;1-6-3-4-7(2)8(9)5-6;1-5-3-2-4-6(8)7(5)9;2*1-2/h5,7,12H,2,4,6,8H2,1,3H3;3-5H,1-2H3;2-4H,1H3;1-2H3;1-2H. The minimum Gasteiger partial charge on any atom is -0.313 e. The molecule has 3 nitrogen and oxygen atoms in total. The second-order valence-corrected chi connectivity index (χ2v) is 7.81. The average Bonchev–Trinajstić information content (AvgIpc) is 2.88. The Hall–Kier alpha value is -3.07. The summed E-state index contributed by atoms with van der Waals surface area (Å²) in [4.78, 5) is 0. The van der Waals surface area contributed by atoms with Gasteiger partial charge < -0.3 is 5.32 Å². The number of benzene rings is 2. The summed E-state index contributed by atoms with van der Waals surface area (Å²) in [5.41, 5.74) is 5.69. The largest absolute Gasteiger partial charge is 0.313 e. The number of aromatic nitrogens is 2. The Morgan fingerprint density at radius 3 is 2.08 bits per heavy atom. The summed E-state index contributed by atoms with van der Waals surface area (Å²) in [6.45, 7) is 19.2. The van der Waals surface area contributed by atoms with Gasteiger partial charge in [-0.05, 0) is 87.2 Å². The Kier molecular flexibility index (Phi) is 20.7. The molecule has 36 heavy (non-hydrogen) atoms. The number of terminal acetylenes is 1. The van der Waals surface area contributed by atoms with Gasteiger partial charge in [0.1, 0.15) is 0 Å². The van der Waals surface area contributed by atoms with Gasteiger partial charge in [0.25, 0.3) is 0 Å². The van der Waals surface area contributed by atoms with Gasteiger partial charge in [0.05, 0.1) is 11.4 Å². The fraction of sp³-hybridized carbons (Fsp3) is 0.333. The summed E-state index contributed by atoms with van der Waals surface area (Å²) in [7, 11) is 0. The maximum Gasteiger partial charge on any atom is 0.161 e. The number of halogens is 3. The monoisotopic (exact) mass is 515 g/mol. The molecule has 0 saturated heterocycles. The molecule has 3 rings (SSSR count). The summed E-state index contributed by atoms with van der Waals surface area (Å²) in [5.74, 6) is -1.53. The Bertz CT molecular complexity index is 1030. The molecular weight excluding hydrogens is 476 g/mol. The molecule has 2 aromatic carbocycles. The molecule has 0 bridgehead atoms. The Labute approximate surface area is 222 Å². The molecule has 0 atom stereocenters. The van der Waals surface area contributed by atoms with E-state index in [0.29, 0.717) is 5.56 Å². The quantitative estimate of drug-likeness (QED) is 0.273. The zero-order valence-corrected chi connectivity index (χ0v) is 23.4. The third-order valence-electron chi connectivity index (χ3n) is 4.44. The van der Waals surface area contributed by atoms with Gasteiger partial charge in [-0.2, -0.15) is 10.2 Å². The van der Waals surface area contributed by atoms with Crippen molar-refractivity contribution in [1.82, 2.24) is 15.5 Å². The molecule has 0 aliphatic carbocycles. The first-order valence-electron chi connectivity index (χ1n) is 11.8. The molecule has 0 aliphatic heterocycles. The van der Waals surface area contributed by atoms with Gasteiger partial charge in [0.2, 0.25) is 0 Å². The summed E-state index contributed by atoms with van der Waals surface area (Å²) >= 11 is 5.81. The summed E-state index contributed by atoms with van der Waals surface area (Å²) in [5, 5.41) is 12.3. The molecular formula is C30H40ClF2N3. The predicted molar refractivity (Wildman–Crippen MR) is 152 cm³/mol. The molecule has 1 heterocycles. The van der Waals surface area contributed by atoms with Gasteiger partial charge in [0.15, 0.2) is 11.6 Å². The highest BCUT2D eigenvalue weighted by molar-refractivity contribution is 6.31. The number of nitrogens with one attached hydrogen (secondary N) is 1. The first-order valence-corrected chi connectivity index (χ1v) is 12.2. The molecule has 0 spiro atoms. The fourth-order valence-corrected chi connectivity index (χ4v) is 2.81. The second kappa shape index (κ2) is 21.2. The molecule has 196 valence electrons. The van der Waals surface area contributed by atoms with Crippen molar-refractivity contribution >= 4 is 17.7 Å². The van der Waals surface area contributed by atoms with E-state index in [1.807, 2.05) is 52.8 Å². The van der Waals surface area contributed by atoms with E-state index in [-0.39, 0.29) is 0 Å². The lowest BCUT2D eigenvalue weighted by molar-refractivity contribution is 0.503. The zero-order valence-electron chi connectivity index (χ0n) is 22.6. The third kappa shape index (κ3) is 14.4. The van der Waals surface area contributed by atoms with Crippen LogP contribution in [0.2, 0.25) is 5.02 Å². The van der Waals surface area contributed by atoms with E-state index >= 15 is 0 Å². The van der Waals surface area contributed by atoms with Crippen molar-refractivity contribution in [2.45, 2.75) is 61.4 Å². The van der Waals surface area contributed by atoms with Crippen LogP contribution in [-0.2, 0) is 6.54 Å². The summed E-state index contributed by atoms with van der Waals surface area (Å²) < 4.78 is 24.6. The minimum absolute atomic E-state index is 0.343. The van der Waals surface area contributed by atoms with E-state index in [0.717, 1.165) is 47.6 Å². The lowest BCUT2D eigenvalue weighted by Gasteiger charge is -2.06. The normalized spacial score (nSPS) is 9.00. The van der Waals surface area contributed by atoms with Crippen LogP contribution in [0.1, 0.15) is 60.8 Å². The number of nitrogens with zero attached hydrogens (tertiary/aromatic N) is 2. The third-order valence-corrected chi connectivity index (χ3v) is 4.84. The molecule has 1 N–H and O–H groups in total. The van der Waals surface area contributed by atoms with Crippen molar-refractivity contribution in [3.63, 3.8) is 0 Å². The van der Waals surface area contributed by atoms with Crippen LogP contribution in [-0.4, -0.2) is 16.7 Å². The van der Waals surface area contributed by atoms with Crippen LogP contribution in [0.25, 0.3) is 6.08 Å². The first-order chi connectivity index (χ1) is 17.2. The Morgan fingerprint density at radius 1 is 0.972 bits per heavy atom. The molecule has 0 amide bonds. The molecule has 0 unspecified atom stereocenters. The van der Waals surface area contributed by atoms with E-state index in [9.17, 15) is 8.78 Å². The highest BCUT2D eigenvalue weighted by Gasteiger charge is 2.02. The van der Waals surface area contributed by atoms with E-state index < -0.39 is 11.6 Å². The number of rotatable bonds is 5. The van der Waals surface area contributed by atoms with Crippen LogP contribution in [0, 0.1) is 52.2 Å². The average molecular weight is 516 g/mol. The molecule has 0 aliphatic rings. The number of hydrogen-bond acceptors (Lipinski definition) is 3. The van der Waals surface area contributed by atoms with Gasteiger partial charge in [0, 0.05) is 11.6 Å². The number of hydrogen-bond donors (Lipinski definition) is 1. The number of aryl methyl sites for hydroxylation is 4. The summed E-state index contributed by atoms with van der Waals surface area (Å²) in [6, 6.07) is 12.2. The molecule has 0 radical (unpaired) electrons. The van der Waals surface area contributed by atoms with Gasteiger partial charge in [-0.3, -0.25) is 0 Å². The van der Waals surface area contributed by atoms with E-state index in [4.69, 9.17) is 11.6 Å². The van der Waals surface area contributed by atoms with Crippen LogP contribution in [0.15, 0.2) is 49.0 Å². The Balaban J connectivity index is 0. The van der Waals surface area contributed by atoms with Crippen LogP contribution in [0.4, 0.5) is 8.78 Å². The molecule has 0 saturated carbocycles. The molecule has 3 aromatic rings. The second-order valence-electron chi connectivity index (χ2n) is 7.40. The van der Waals surface area contributed by atoms with Gasteiger partial charge >= 0.3 is 0 Å². The smallest absolute Gasteiger partial charge is 0.161 e. The van der Waals surface area contributed by atoms with Crippen LogP contribution in [0.3, 0.4) is 0 Å². The zero-order chi connectivity index (χ0) is 28.1. The SMILES string of the molecule is C#C.C=Cc1nnc(C)cc1CNCCC.CC.Cc1ccc(C)c(Cl)c1.Cc1cccc(F)c1F. The van der Waals surface area contributed by atoms with Crippen molar-refractivity contribution in [2.24, 2.45) is 0 Å². The predicted octanol–water partition coefficient (Wildman–Crippen LogP) is 8.43. The maximum absolute atomic E-state index is 12.4. The van der Waals surface area contributed by atoms with E-state index in [1.165, 1.54) is 30.2 Å². The van der Waals surface area contributed by atoms with Crippen LogP contribution < -0.4 is 5.32 Å². The van der Waals surface area contributed by atoms with Crippen molar-refractivity contribution < 1.29 is 8.78 Å². The van der Waals surface area contributed by atoms with Crippen LogP contribution >= 0.6 is 11.6 Å². The molecule has 1 aromatic heterocycles. The first kappa shape index (κ1) is 35.1. The van der Waals surface area contributed by atoms with Crippen molar-refractivity contribution in [1.29, 1.82) is 0 Å². The highest BCUT2D eigenvalue weighted by atomic mass is 35.5. The van der Waals surface area contributed by atoms with E-state index in [2.05, 4.69) is 47.9 Å². The van der Waals surface area contributed by atoms with Crippen LogP contribution in [0.5, 0.6) is 0 Å². The maximum atomic E-state index is 12.4. The molecule has 6 heteroatoms. The lowest BCUT2D eigenvalue weighted by Crippen LogP contribution is -2.15. The van der Waals surface area contributed by atoms with Crippen molar-refractivity contribution in [3.8, 4) is 12.8 Å². The Morgan fingerprint density at radius 2 is 1.61 bits per heavy atom.